The maximum Gasteiger partial charge on any atom is 0.257 e. The topological polar surface area (TPSA) is 93.6 Å². The van der Waals surface area contributed by atoms with Gasteiger partial charge in [0.25, 0.3) is 5.91 Å². The van der Waals surface area contributed by atoms with Crippen LogP contribution in [0.1, 0.15) is 34.7 Å². The van der Waals surface area contributed by atoms with Crippen LogP contribution in [0.3, 0.4) is 0 Å². The van der Waals surface area contributed by atoms with Crippen LogP contribution in [-0.4, -0.2) is 37.6 Å². The van der Waals surface area contributed by atoms with Gasteiger partial charge in [0.15, 0.2) is 0 Å². The van der Waals surface area contributed by atoms with E-state index in [9.17, 15) is 13.2 Å². The van der Waals surface area contributed by atoms with E-state index < -0.39 is 10.0 Å². The van der Waals surface area contributed by atoms with Crippen molar-refractivity contribution in [3.8, 4) is 0 Å². The molecule has 19 heavy (non-hydrogen) atoms. The Balaban J connectivity index is 2.21. The third kappa shape index (κ3) is 3.16. The molecule has 1 aromatic rings. The lowest BCUT2D eigenvalue weighted by Crippen LogP contribution is -2.41. The molecule has 7 heteroatoms. The molecule has 2 rings (SSSR count). The molecule has 106 valence electrons. The first-order valence-corrected chi connectivity index (χ1v) is 7.88. The van der Waals surface area contributed by atoms with Crippen LogP contribution in [0.5, 0.6) is 0 Å². The molecule has 1 aliphatic rings. The van der Waals surface area contributed by atoms with Crippen molar-refractivity contribution in [1.82, 2.24) is 4.90 Å². The van der Waals surface area contributed by atoms with E-state index in [0.717, 1.165) is 6.42 Å². The van der Waals surface area contributed by atoms with E-state index in [4.69, 9.17) is 9.56 Å². The van der Waals surface area contributed by atoms with Crippen molar-refractivity contribution in [2.24, 2.45) is 5.14 Å². The van der Waals surface area contributed by atoms with Gasteiger partial charge in [-0.15, -0.1) is 0 Å². The number of likely N-dealkylation sites (tertiary alicyclic amines) is 1. The molecule has 0 aromatic carbocycles. The fourth-order valence-corrected chi connectivity index (χ4v) is 3.43. The van der Waals surface area contributed by atoms with Crippen molar-refractivity contribution in [2.45, 2.75) is 32.7 Å². The number of sulfonamides is 1. The van der Waals surface area contributed by atoms with E-state index in [2.05, 4.69) is 0 Å². The van der Waals surface area contributed by atoms with Crippen LogP contribution in [0.25, 0.3) is 0 Å². The van der Waals surface area contributed by atoms with Crippen molar-refractivity contribution in [3.63, 3.8) is 0 Å². The molecule has 0 bridgehead atoms. The summed E-state index contributed by atoms with van der Waals surface area (Å²) in [6, 6.07) is 1.35. The minimum absolute atomic E-state index is 0.180. The molecule has 0 spiro atoms. The van der Waals surface area contributed by atoms with Crippen molar-refractivity contribution >= 4 is 15.9 Å². The highest BCUT2D eigenvalue weighted by Crippen LogP contribution is 2.23. The fourth-order valence-electron chi connectivity index (χ4n) is 2.54. The molecule has 0 unspecified atom stereocenters. The number of nitrogens with zero attached hydrogens (tertiary/aromatic N) is 1. The second kappa shape index (κ2) is 4.97. The first-order chi connectivity index (χ1) is 8.78. The molecular weight excluding hydrogens is 268 g/mol. The van der Waals surface area contributed by atoms with Crippen LogP contribution < -0.4 is 5.14 Å². The highest BCUT2D eigenvalue weighted by molar-refractivity contribution is 7.89. The summed E-state index contributed by atoms with van der Waals surface area (Å²) in [5, 5.41) is 5.07. The number of carbonyl (C=O) groups is 1. The second-order valence-electron chi connectivity index (χ2n) is 4.95. The van der Waals surface area contributed by atoms with Crippen molar-refractivity contribution in [1.29, 1.82) is 0 Å². The van der Waals surface area contributed by atoms with Gasteiger partial charge in [-0.25, -0.2) is 13.6 Å². The van der Waals surface area contributed by atoms with Crippen LogP contribution in [0.15, 0.2) is 10.5 Å². The first kappa shape index (κ1) is 14.1. The number of amides is 1. The Morgan fingerprint density at radius 1 is 1.53 bits per heavy atom. The third-order valence-corrected chi connectivity index (χ3v) is 4.18. The molecule has 1 aromatic heterocycles. The standard InChI is InChI=1S/C12H18N2O4S/c1-8-6-11(9(2)18-8)12(15)14-5-3-4-10(14)7-19(13,16)17/h6,10H,3-5,7H2,1-2H3,(H2,13,16,17)/t10-/m0/s1. The molecular formula is C12H18N2O4S. The van der Waals surface area contributed by atoms with Gasteiger partial charge in [-0.3, -0.25) is 4.79 Å². The van der Waals surface area contributed by atoms with E-state index in [1.54, 1.807) is 24.8 Å². The summed E-state index contributed by atoms with van der Waals surface area (Å²) < 4.78 is 27.7. The Kier molecular flexibility index (Phi) is 3.69. The van der Waals surface area contributed by atoms with Crippen LogP contribution in [0.4, 0.5) is 0 Å². The number of furan rings is 1. The largest absolute Gasteiger partial charge is 0.466 e. The number of hydrogen-bond acceptors (Lipinski definition) is 4. The minimum atomic E-state index is -3.58. The summed E-state index contributed by atoms with van der Waals surface area (Å²) in [6.07, 6.45) is 1.46. The molecule has 0 saturated carbocycles. The lowest BCUT2D eigenvalue weighted by molar-refractivity contribution is 0.0747. The van der Waals surface area contributed by atoms with E-state index >= 15 is 0 Å². The van der Waals surface area contributed by atoms with E-state index in [-0.39, 0.29) is 17.7 Å². The van der Waals surface area contributed by atoms with Gasteiger partial charge in [-0.1, -0.05) is 0 Å². The summed E-state index contributed by atoms with van der Waals surface area (Å²) in [5.74, 6) is 0.863. The Bertz CT molecular complexity index is 591. The molecule has 6 nitrogen and oxygen atoms in total. The molecule has 1 saturated heterocycles. The van der Waals surface area contributed by atoms with Crippen molar-refractivity contribution in [3.05, 3.63) is 23.2 Å². The van der Waals surface area contributed by atoms with Crippen molar-refractivity contribution < 1.29 is 17.6 Å². The summed E-state index contributed by atoms with van der Waals surface area (Å²) in [7, 11) is -3.58. The molecule has 1 atom stereocenters. The van der Waals surface area contributed by atoms with E-state index in [1.165, 1.54) is 0 Å². The van der Waals surface area contributed by atoms with E-state index in [0.29, 0.717) is 30.0 Å². The number of nitrogens with two attached hydrogens (primary N) is 1. The van der Waals surface area contributed by atoms with Gasteiger partial charge in [0.1, 0.15) is 11.5 Å². The Labute approximate surface area is 112 Å². The van der Waals surface area contributed by atoms with Gasteiger partial charge in [-0.2, -0.15) is 0 Å². The van der Waals surface area contributed by atoms with Gasteiger partial charge in [0.2, 0.25) is 10.0 Å². The molecule has 1 fully saturated rings. The van der Waals surface area contributed by atoms with Crippen LogP contribution >= 0.6 is 0 Å². The van der Waals surface area contributed by atoms with Crippen LogP contribution in [0, 0.1) is 13.8 Å². The molecule has 0 radical (unpaired) electrons. The summed E-state index contributed by atoms with van der Waals surface area (Å²) in [5.41, 5.74) is 0.499. The average Bonchev–Trinajstić information content (AvgIpc) is 2.82. The first-order valence-electron chi connectivity index (χ1n) is 6.16. The Morgan fingerprint density at radius 2 is 2.21 bits per heavy atom. The maximum absolute atomic E-state index is 12.4. The zero-order chi connectivity index (χ0) is 14.2. The lowest BCUT2D eigenvalue weighted by Gasteiger charge is -2.23. The predicted molar refractivity (Wildman–Crippen MR) is 70.2 cm³/mol. The number of primary sulfonamides is 1. The van der Waals surface area contributed by atoms with Gasteiger partial charge < -0.3 is 9.32 Å². The quantitative estimate of drug-likeness (QED) is 0.889. The Hall–Kier alpha value is -1.34. The summed E-state index contributed by atoms with van der Waals surface area (Å²) in [4.78, 5) is 14.0. The monoisotopic (exact) mass is 286 g/mol. The zero-order valence-corrected chi connectivity index (χ0v) is 11.9. The number of carbonyl (C=O) groups excluding carboxylic acids is 1. The van der Waals surface area contributed by atoms with Gasteiger partial charge in [0.05, 0.1) is 11.3 Å². The van der Waals surface area contributed by atoms with Crippen LogP contribution in [-0.2, 0) is 10.0 Å². The Morgan fingerprint density at radius 3 is 2.74 bits per heavy atom. The van der Waals surface area contributed by atoms with Crippen molar-refractivity contribution in [2.75, 3.05) is 12.3 Å². The second-order valence-corrected chi connectivity index (χ2v) is 6.61. The van der Waals surface area contributed by atoms with Gasteiger partial charge >= 0.3 is 0 Å². The van der Waals surface area contributed by atoms with Gasteiger partial charge in [-0.05, 0) is 32.8 Å². The highest BCUT2D eigenvalue weighted by atomic mass is 32.2. The number of rotatable bonds is 3. The molecule has 2 heterocycles. The SMILES string of the molecule is Cc1cc(C(=O)N2CCC[C@H]2CS(N)(=O)=O)c(C)o1. The highest BCUT2D eigenvalue weighted by Gasteiger charge is 2.33. The minimum Gasteiger partial charge on any atom is -0.466 e. The van der Waals surface area contributed by atoms with Crippen LogP contribution in [0.2, 0.25) is 0 Å². The average molecular weight is 286 g/mol. The van der Waals surface area contributed by atoms with Gasteiger partial charge in [0, 0.05) is 12.6 Å². The fraction of sp³-hybridized carbons (Fsp3) is 0.583. The smallest absolute Gasteiger partial charge is 0.257 e. The lowest BCUT2D eigenvalue weighted by atomic mass is 10.2. The molecule has 1 aliphatic heterocycles. The zero-order valence-electron chi connectivity index (χ0n) is 11.0. The normalized spacial score (nSPS) is 19.9. The summed E-state index contributed by atoms with van der Waals surface area (Å²) in [6.45, 7) is 4.06. The number of aryl methyl sites for hydroxylation is 2. The molecule has 0 aliphatic carbocycles. The predicted octanol–water partition coefficient (Wildman–Crippen LogP) is 0.790. The molecule has 2 N–H and O–H groups in total. The summed E-state index contributed by atoms with van der Waals surface area (Å²) >= 11 is 0. The maximum atomic E-state index is 12.4. The van der Waals surface area contributed by atoms with E-state index in [1.807, 2.05) is 0 Å². The third-order valence-electron chi connectivity index (χ3n) is 3.33. The molecule has 1 amide bonds. The number of hydrogen-bond donors (Lipinski definition) is 1.